The Morgan fingerprint density at radius 3 is 2.35 bits per heavy atom. The molecule has 0 atom stereocenters. The molecular formula is C17H20N4O2. The van der Waals surface area contributed by atoms with Crippen molar-refractivity contribution in [1.29, 1.82) is 0 Å². The molecule has 1 aromatic heterocycles. The van der Waals surface area contributed by atoms with Gasteiger partial charge < -0.3 is 15.5 Å². The van der Waals surface area contributed by atoms with Gasteiger partial charge in [0.25, 0.3) is 11.8 Å². The van der Waals surface area contributed by atoms with Crippen molar-refractivity contribution in [1.82, 2.24) is 15.2 Å². The molecule has 0 unspecified atom stereocenters. The first-order valence-corrected chi connectivity index (χ1v) is 7.31. The van der Waals surface area contributed by atoms with Gasteiger partial charge in [-0.05, 0) is 38.4 Å². The molecule has 0 fully saturated rings. The molecule has 0 aliphatic carbocycles. The molecule has 0 saturated heterocycles. The molecule has 6 nitrogen and oxygen atoms in total. The summed E-state index contributed by atoms with van der Waals surface area (Å²) < 4.78 is 0. The number of hydrogen-bond donors (Lipinski definition) is 2. The Balaban J connectivity index is 1.91. The molecule has 120 valence electrons. The molecule has 0 spiro atoms. The highest BCUT2D eigenvalue weighted by atomic mass is 16.2. The zero-order valence-corrected chi connectivity index (χ0v) is 13.2. The van der Waals surface area contributed by atoms with Gasteiger partial charge in [-0.15, -0.1) is 0 Å². The van der Waals surface area contributed by atoms with Crippen LogP contribution in [0.25, 0.3) is 0 Å². The molecule has 2 amide bonds. The standard InChI is InChI=1S/C17H20N4O2/c1-21(2)11-10-18-16(22)14-8-9-15(19-12-14)20-17(23)13-6-4-3-5-7-13/h3-9,12H,10-11H2,1-2H3,(H,18,22)(H,19,20,23). The zero-order chi connectivity index (χ0) is 16.7. The van der Waals surface area contributed by atoms with Crippen LogP contribution in [-0.4, -0.2) is 48.9 Å². The van der Waals surface area contributed by atoms with Crippen LogP contribution in [0, 0.1) is 0 Å². The second kappa shape index (κ2) is 8.05. The molecule has 2 N–H and O–H groups in total. The van der Waals surface area contributed by atoms with Gasteiger partial charge in [0, 0.05) is 24.8 Å². The third-order valence-electron chi connectivity index (χ3n) is 3.15. The van der Waals surface area contributed by atoms with Crippen LogP contribution in [0.5, 0.6) is 0 Å². The first kappa shape index (κ1) is 16.6. The normalized spacial score (nSPS) is 10.4. The summed E-state index contributed by atoms with van der Waals surface area (Å²) in [6.45, 7) is 1.34. The third kappa shape index (κ3) is 5.19. The fourth-order valence-corrected chi connectivity index (χ4v) is 1.88. The third-order valence-corrected chi connectivity index (χ3v) is 3.15. The van der Waals surface area contributed by atoms with Crippen LogP contribution in [0.2, 0.25) is 0 Å². The summed E-state index contributed by atoms with van der Waals surface area (Å²) >= 11 is 0. The number of likely N-dealkylation sites (N-methyl/N-ethyl adjacent to an activating group) is 1. The lowest BCUT2D eigenvalue weighted by atomic mass is 10.2. The molecule has 1 aromatic carbocycles. The first-order chi connectivity index (χ1) is 11.1. The largest absolute Gasteiger partial charge is 0.351 e. The molecule has 1 heterocycles. The SMILES string of the molecule is CN(C)CCNC(=O)c1ccc(NC(=O)c2ccccc2)nc1. The quantitative estimate of drug-likeness (QED) is 0.850. The highest BCUT2D eigenvalue weighted by molar-refractivity contribution is 6.03. The van der Waals surface area contributed by atoms with Gasteiger partial charge >= 0.3 is 0 Å². The van der Waals surface area contributed by atoms with E-state index in [1.165, 1.54) is 6.20 Å². The summed E-state index contributed by atoms with van der Waals surface area (Å²) in [4.78, 5) is 30.0. The maximum absolute atomic E-state index is 12.0. The van der Waals surface area contributed by atoms with E-state index in [-0.39, 0.29) is 11.8 Å². The maximum atomic E-state index is 12.0. The average Bonchev–Trinajstić information content (AvgIpc) is 2.56. The number of aromatic nitrogens is 1. The number of carbonyl (C=O) groups excluding carboxylic acids is 2. The minimum absolute atomic E-state index is 0.180. The van der Waals surface area contributed by atoms with Crippen LogP contribution in [0.1, 0.15) is 20.7 Å². The van der Waals surface area contributed by atoms with Gasteiger partial charge in [-0.2, -0.15) is 0 Å². The maximum Gasteiger partial charge on any atom is 0.256 e. The first-order valence-electron chi connectivity index (χ1n) is 7.31. The van der Waals surface area contributed by atoms with Crippen LogP contribution >= 0.6 is 0 Å². The number of amides is 2. The van der Waals surface area contributed by atoms with E-state index in [0.29, 0.717) is 23.5 Å². The lowest BCUT2D eigenvalue weighted by Crippen LogP contribution is -2.31. The predicted molar refractivity (Wildman–Crippen MR) is 89.5 cm³/mol. The Bertz CT molecular complexity index is 654. The fourth-order valence-electron chi connectivity index (χ4n) is 1.88. The predicted octanol–water partition coefficient (Wildman–Crippen LogP) is 1.63. The molecule has 6 heteroatoms. The fraction of sp³-hybridized carbons (Fsp3) is 0.235. The minimum atomic E-state index is -0.235. The Morgan fingerprint density at radius 1 is 1.00 bits per heavy atom. The van der Waals surface area contributed by atoms with Gasteiger partial charge in [-0.1, -0.05) is 18.2 Å². The Hall–Kier alpha value is -2.73. The summed E-state index contributed by atoms with van der Waals surface area (Å²) in [5, 5.41) is 5.50. The molecule has 0 radical (unpaired) electrons. The van der Waals surface area contributed by atoms with Crippen molar-refractivity contribution in [3.05, 3.63) is 59.8 Å². The zero-order valence-electron chi connectivity index (χ0n) is 13.2. The number of pyridine rings is 1. The average molecular weight is 312 g/mol. The molecule has 2 aromatic rings. The van der Waals surface area contributed by atoms with Crippen molar-refractivity contribution in [3.8, 4) is 0 Å². The minimum Gasteiger partial charge on any atom is -0.351 e. The van der Waals surface area contributed by atoms with E-state index in [9.17, 15) is 9.59 Å². The molecule has 0 bridgehead atoms. The monoisotopic (exact) mass is 312 g/mol. The van der Waals surface area contributed by atoms with Crippen molar-refractivity contribution in [3.63, 3.8) is 0 Å². The number of nitrogens with one attached hydrogen (secondary N) is 2. The second-order valence-corrected chi connectivity index (χ2v) is 5.31. The van der Waals surface area contributed by atoms with E-state index < -0.39 is 0 Å². The van der Waals surface area contributed by atoms with Crippen molar-refractivity contribution in [2.75, 3.05) is 32.5 Å². The lowest BCUT2D eigenvalue weighted by Gasteiger charge is -2.10. The summed E-state index contributed by atoms with van der Waals surface area (Å²) in [5.41, 5.74) is 1.02. The highest BCUT2D eigenvalue weighted by Gasteiger charge is 2.08. The van der Waals surface area contributed by atoms with Gasteiger partial charge in [0.15, 0.2) is 0 Å². The number of benzene rings is 1. The summed E-state index contributed by atoms with van der Waals surface area (Å²) in [7, 11) is 3.88. The summed E-state index contributed by atoms with van der Waals surface area (Å²) in [6.07, 6.45) is 1.45. The second-order valence-electron chi connectivity index (χ2n) is 5.31. The number of rotatable bonds is 6. The van der Waals surface area contributed by atoms with Crippen LogP contribution < -0.4 is 10.6 Å². The van der Waals surface area contributed by atoms with Crippen molar-refractivity contribution in [2.45, 2.75) is 0 Å². The van der Waals surface area contributed by atoms with E-state index >= 15 is 0 Å². The molecule has 23 heavy (non-hydrogen) atoms. The van der Waals surface area contributed by atoms with E-state index in [1.807, 2.05) is 25.1 Å². The molecule has 0 aliphatic rings. The van der Waals surface area contributed by atoms with E-state index in [1.54, 1.807) is 36.4 Å². The number of carbonyl (C=O) groups is 2. The van der Waals surface area contributed by atoms with Gasteiger partial charge in [0.1, 0.15) is 5.82 Å². The summed E-state index contributed by atoms with van der Waals surface area (Å²) in [6, 6.07) is 12.1. The molecule has 0 aliphatic heterocycles. The molecule has 0 saturated carbocycles. The van der Waals surface area contributed by atoms with Crippen molar-refractivity contribution in [2.24, 2.45) is 0 Å². The summed E-state index contributed by atoms with van der Waals surface area (Å²) in [5.74, 6) is -0.00901. The van der Waals surface area contributed by atoms with Crippen molar-refractivity contribution < 1.29 is 9.59 Å². The van der Waals surface area contributed by atoms with Crippen LogP contribution in [0.3, 0.4) is 0 Å². The number of hydrogen-bond acceptors (Lipinski definition) is 4. The topological polar surface area (TPSA) is 74.3 Å². The van der Waals surface area contributed by atoms with Gasteiger partial charge in [-0.25, -0.2) is 4.98 Å². The molecule has 2 rings (SSSR count). The Labute approximate surface area is 135 Å². The van der Waals surface area contributed by atoms with Gasteiger partial charge in [0.2, 0.25) is 0 Å². The van der Waals surface area contributed by atoms with E-state index in [0.717, 1.165) is 6.54 Å². The smallest absolute Gasteiger partial charge is 0.256 e. The molecular weight excluding hydrogens is 292 g/mol. The van der Waals surface area contributed by atoms with Crippen LogP contribution in [0.4, 0.5) is 5.82 Å². The Kier molecular flexibility index (Phi) is 5.82. The van der Waals surface area contributed by atoms with Crippen LogP contribution in [-0.2, 0) is 0 Å². The van der Waals surface area contributed by atoms with Crippen LogP contribution in [0.15, 0.2) is 48.7 Å². The van der Waals surface area contributed by atoms with E-state index in [2.05, 4.69) is 15.6 Å². The van der Waals surface area contributed by atoms with Crippen molar-refractivity contribution >= 4 is 17.6 Å². The van der Waals surface area contributed by atoms with Gasteiger partial charge in [0.05, 0.1) is 5.56 Å². The highest BCUT2D eigenvalue weighted by Crippen LogP contribution is 2.08. The van der Waals surface area contributed by atoms with Gasteiger partial charge in [-0.3, -0.25) is 9.59 Å². The Morgan fingerprint density at radius 2 is 1.74 bits per heavy atom. The van der Waals surface area contributed by atoms with E-state index in [4.69, 9.17) is 0 Å². The lowest BCUT2D eigenvalue weighted by molar-refractivity contribution is 0.0950. The number of anilines is 1. The number of nitrogens with zero attached hydrogens (tertiary/aromatic N) is 2.